The first-order valence-corrected chi connectivity index (χ1v) is 9.34. The van der Waals surface area contributed by atoms with Gasteiger partial charge in [-0.2, -0.15) is 0 Å². The van der Waals surface area contributed by atoms with Crippen molar-refractivity contribution in [2.75, 3.05) is 0 Å². The summed E-state index contributed by atoms with van der Waals surface area (Å²) in [5, 5.41) is 0.486. The quantitative estimate of drug-likeness (QED) is 0.335. The number of allylic oxidation sites excluding steroid dienone is 2. The number of hydrogen-bond acceptors (Lipinski definition) is 2. The van der Waals surface area contributed by atoms with Gasteiger partial charge < -0.3 is 4.74 Å². The van der Waals surface area contributed by atoms with Gasteiger partial charge >= 0.3 is 5.97 Å². The lowest BCUT2D eigenvalue weighted by Crippen LogP contribution is -2.46. The van der Waals surface area contributed by atoms with Crippen molar-refractivity contribution in [3.8, 4) is 0 Å². The number of esters is 1. The highest BCUT2D eigenvalue weighted by Gasteiger charge is 2.86. The molecule has 0 spiro atoms. The van der Waals surface area contributed by atoms with Gasteiger partial charge in [-0.3, -0.25) is 4.79 Å². The molecule has 0 amide bonds. The van der Waals surface area contributed by atoms with Gasteiger partial charge in [-0.1, -0.05) is 46.4 Å². The zero-order valence-corrected chi connectivity index (χ0v) is 15.9. The van der Waals surface area contributed by atoms with Crippen LogP contribution < -0.4 is 0 Å². The zero-order valence-electron chi connectivity index (χ0n) is 11.4. The van der Waals surface area contributed by atoms with E-state index in [0.717, 1.165) is 12.8 Å². The molecule has 4 bridgehead atoms. The van der Waals surface area contributed by atoms with Gasteiger partial charge in [0.2, 0.25) is 0 Å². The lowest BCUT2D eigenvalue weighted by molar-refractivity contribution is -0.150. The summed E-state index contributed by atoms with van der Waals surface area (Å²) < 4.78 is 3.96. The Hall–Kier alpha value is 0.950. The molecule has 0 unspecified atom stereocenters. The van der Waals surface area contributed by atoms with Crippen LogP contribution in [0.2, 0.25) is 0 Å². The third kappa shape index (κ3) is 1.48. The fourth-order valence-electron chi connectivity index (χ4n) is 5.34. The van der Waals surface area contributed by atoms with E-state index in [0.29, 0.717) is 0 Å². The third-order valence-electron chi connectivity index (χ3n) is 5.92. The van der Waals surface area contributed by atoms with Crippen LogP contribution in [0.5, 0.6) is 0 Å². The molecule has 0 radical (unpaired) electrons. The average Bonchev–Trinajstić information content (AvgIpc) is 3.04. The lowest BCUT2D eigenvalue weighted by Gasteiger charge is -2.41. The van der Waals surface area contributed by atoms with Crippen LogP contribution >= 0.6 is 69.6 Å². The molecule has 0 aromatic rings. The van der Waals surface area contributed by atoms with Gasteiger partial charge in [-0.05, 0) is 30.6 Å². The minimum absolute atomic E-state index is 0.0485. The molecule has 3 fully saturated rings. The normalized spacial score (nSPS) is 54.0. The van der Waals surface area contributed by atoms with Gasteiger partial charge in [0.15, 0.2) is 4.33 Å². The summed E-state index contributed by atoms with van der Waals surface area (Å²) in [7, 11) is 0. The lowest BCUT2D eigenvalue weighted by atomic mass is 9.71. The van der Waals surface area contributed by atoms with Gasteiger partial charge in [0.25, 0.3) is 0 Å². The highest BCUT2D eigenvalue weighted by Crippen LogP contribution is 2.82. The van der Waals surface area contributed by atoms with Crippen LogP contribution in [0.4, 0.5) is 0 Å². The number of carbonyl (C=O) groups is 1. The first-order valence-electron chi connectivity index (χ1n) is 7.07. The number of halogens is 6. The van der Waals surface area contributed by atoms with E-state index in [2.05, 4.69) is 0 Å². The van der Waals surface area contributed by atoms with Crippen molar-refractivity contribution in [1.82, 2.24) is 0 Å². The van der Waals surface area contributed by atoms with Crippen LogP contribution in [-0.2, 0) is 9.53 Å². The Bertz CT molecular complexity index is 618. The largest absolute Gasteiger partial charge is 0.462 e. The van der Waals surface area contributed by atoms with E-state index in [-0.39, 0.29) is 45.8 Å². The maximum absolute atomic E-state index is 11.3. The minimum Gasteiger partial charge on any atom is -0.462 e. The van der Waals surface area contributed by atoms with Crippen LogP contribution in [0.25, 0.3) is 0 Å². The molecule has 0 saturated heterocycles. The minimum atomic E-state index is -1.49. The fraction of sp³-hybridized carbons (Fsp3) is 0.786. The number of rotatable bonds is 1. The highest BCUT2D eigenvalue weighted by molar-refractivity contribution is 6.65. The van der Waals surface area contributed by atoms with E-state index in [1.54, 1.807) is 0 Å². The molecule has 8 heteroatoms. The Balaban J connectivity index is 1.83. The Kier molecular flexibility index (Phi) is 3.41. The molecule has 7 atom stereocenters. The van der Waals surface area contributed by atoms with Crippen LogP contribution in [0.1, 0.15) is 19.8 Å². The predicted molar refractivity (Wildman–Crippen MR) is 89.1 cm³/mol. The first-order chi connectivity index (χ1) is 10.1. The average molecular weight is 425 g/mol. The summed E-state index contributed by atoms with van der Waals surface area (Å²) >= 11 is 39.7. The van der Waals surface area contributed by atoms with Gasteiger partial charge in [0.05, 0.1) is 10.1 Å². The second kappa shape index (κ2) is 4.56. The van der Waals surface area contributed by atoms with Crippen LogP contribution in [0, 0.1) is 23.7 Å². The van der Waals surface area contributed by atoms with E-state index in [4.69, 9.17) is 74.3 Å². The Labute approximate surface area is 158 Å². The monoisotopic (exact) mass is 422 g/mol. The van der Waals surface area contributed by atoms with Crippen molar-refractivity contribution >= 4 is 75.6 Å². The zero-order chi connectivity index (χ0) is 16.2. The SMILES string of the molecule is CC(=O)O[C@H]1C[C@H]2C[C@@H]1[C@@H]1[C@@H]2[C@]2(Cl)C(Cl)=C(Cl)[C@]1(Cl)C2(Cl)Cl. The summed E-state index contributed by atoms with van der Waals surface area (Å²) in [6.07, 6.45) is 1.42. The van der Waals surface area contributed by atoms with Gasteiger partial charge in [-0.15, -0.1) is 23.2 Å². The summed E-state index contributed by atoms with van der Waals surface area (Å²) in [5.41, 5.74) is 0. The number of fused-ring (bicyclic) bond motifs is 9. The van der Waals surface area contributed by atoms with Crippen LogP contribution in [0.3, 0.4) is 0 Å². The molecule has 0 heterocycles. The van der Waals surface area contributed by atoms with E-state index < -0.39 is 14.1 Å². The third-order valence-corrected chi connectivity index (χ3v) is 10.2. The molecule has 4 rings (SSSR count). The standard InChI is InChI=1S/C14H12Cl6O2/c1-4(21)22-7-3-5-2-6(7)9-8(5)12(17)10(15)11(16)13(9,18)14(12,19)20/h5-9H,2-3H2,1H3/t5-,6+,7+,8-,9-,12+,13+/m1/s1. The Morgan fingerprint density at radius 3 is 2.14 bits per heavy atom. The molecule has 0 aliphatic heterocycles. The summed E-state index contributed by atoms with van der Waals surface area (Å²) in [4.78, 5) is 8.91. The van der Waals surface area contributed by atoms with Crippen LogP contribution in [0.15, 0.2) is 10.1 Å². The van der Waals surface area contributed by atoms with E-state index in [9.17, 15) is 4.79 Å². The summed E-state index contributed by atoms with van der Waals surface area (Å²) in [5.74, 6) is -0.252. The molecule has 122 valence electrons. The topological polar surface area (TPSA) is 26.3 Å². The molecular formula is C14H12Cl6O2. The molecule has 2 nitrogen and oxygen atoms in total. The van der Waals surface area contributed by atoms with Crippen molar-refractivity contribution in [1.29, 1.82) is 0 Å². The molecule has 0 N–H and O–H groups in total. The number of carbonyl (C=O) groups excluding carboxylic acids is 1. The fourth-order valence-corrected chi connectivity index (χ4v) is 8.49. The Morgan fingerprint density at radius 1 is 1.05 bits per heavy atom. The molecule has 22 heavy (non-hydrogen) atoms. The van der Waals surface area contributed by atoms with Gasteiger partial charge in [0.1, 0.15) is 15.9 Å². The molecular weight excluding hydrogens is 413 g/mol. The highest BCUT2D eigenvalue weighted by atomic mass is 35.5. The predicted octanol–water partition coefficient (Wildman–Crippen LogP) is 5.04. The van der Waals surface area contributed by atoms with Crippen molar-refractivity contribution in [2.24, 2.45) is 23.7 Å². The van der Waals surface area contributed by atoms with Gasteiger partial charge in [-0.25, -0.2) is 0 Å². The molecule has 0 aromatic carbocycles. The first kappa shape index (κ1) is 16.4. The smallest absolute Gasteiger partial charge is 0.302 e. The summed E-state index contributed by atoms with van der Waals surface area (Å²) in [6.45, 7) is 1.40. The number of alkyl halides is 4. The van der Waals surface area contributed by atoms with Crippen LogP contribution in [-0.4, -0.2) is 26.2 Å². The molecule has 0 aromatic heterocycles. The van der Waals surface area contributed by atoms with Crippen molar-refractivity contribution < 1.29 is 9.53 Å². The van der Waals surface area contributed by atoms with Crippen molar-refractivity contribution in [2.45, 2.75) is 40.0 Å². The van der Waals surface area contributed by atoms with Gasteiger partial charge in [0, 0.05) is 12.8 Å². The molecule has 4 aliphatic rings. The molecule has 3 saturated carbocycles. The second-order valence-electron chi connectivity index (χ2n) is 6.72. The maximum atomic E-state index is 11.3. The van der Waals surface area contributed by atoms with E-state index in [1.807, 2.05) is 0 Å². The van der Waals surface area contributed by atoms with Crippen molar-refractivity contribution in [3.05, 3.63) is 10.1 Å². The van der Waals surface area contributed by atoms with E-state index >= 15 is 0 Å². The Morgan fingerprint density at radius 2 is 1.59 bits per heavy atom. The van der Waals surface area contributed by atoms with E-state index in [1.165, 1.54) is 6.92 Å². The maximum Gasteiger partial charge on any atom is 0.302 e. The number of hydrogen-bond donors (Lipinski definition) is 0. The van der Waals surface area contributed by atoms with Crippen molar-refractivity contribution in [3.63, 3.8) is 0 Å². The number of ether oxygens (including phenoxy) is 1. The molecule has 4 aliphatic carbocycles. The summed E-state index contributed by atoms with van der Waals surface area (Å²) in [6, 6.07) is 0. The second-order valence-corrected chi connectivity index (χ2v) is 10.00.